The fraction of sp³-hybridized carbons (Fsp3) is 0.286. The van der Waals surface area contributed by atoms with Crippen LogP contribution in [0.15, 0.2) is 47.4 Å². The van der Waals surface area contributed by atoms with E-state index in [0.29, 0.717) is 12.1 Å². The molecule has 2 rings (SSSR count). The molecule has 0 bridgehead atoms. The zero-order chi connectivity index (χ0) is 23.2. The largest absolute Gasteiger partial charge is 0.452 e. The molecule has 0 fully saturated rings. The fourth-order valence-electron chi connectivity index (χ4n) is 2.58. The summed E-state index contributed by atoms with van der Waals surface area (Å²) in [7, 11) is -4.00. The first-order chi connectivity index (χ1) is 14.5. The van der Waals surface area contributed by atoms with Crippen molar-refractivity contribution in [3.05, 3.63) is 59.2 Å². The lowest BCUT2D eigenvalue weighted by Gasteiger charge is -2.13. The molecular formula is C21H25N3O6S. The number of primary sulfonamides is 1. The van der Waals surface area contributed by atoms with Crippen molar-refractivity contribution in [2.45, 2.75) is 25.7 Å². The van der Waals surface area contributed by atoms with Gasteiger partial charge in [0.15, 0.2) is 6.61 Å². The van der Waals surface area contributed by atoms with Crippen LogP contribution in [-0.2, 0) is 19.6 Å². The number of aryl methyl sites for hydroxylation is 1. The third-order valence-electron chi connectivity index (χ3n) is 4.21. The fourth-order valence-corrected chi connectivity index (χ4v) is 3.12. The second kappa shape index (κ2) is 10.2. The van der Waals surface area contributed by atoms with Crippen LogP contribution in [-0.4, -0.2) is 39.4 Å². The first-order valence-electron chi connectivity index (χ1n) is 9.46. The van der Waals surface area contributed by atoms with Crippen molar-refractivity contribution in [2.24, 2.45) is 11.1 Å². The van der Waals surface area contributed by atoms with E-state index in [1.54, 1.807) is 31.2 Å². The Balaban J connectivity index is 2.05. The van der Waals surface area contributed by atoms with E-state index in [9.17, 15) is 22.8 Å². The molecule has 2 aromatic rings. The van der Waals surface area contributed by atoms with Crippen molar-refractivity contribution in [3.8, 4) is 0 Å². The second-order valence-corrected chi connectivity index (χ2v) is 8.86. The monoisotopic (exact) mass is 447 g/mol. The summed E-state index contributed by atoms with van der Waals surface area (Å²) in [4.78, 5) is 36.7. The predicted molar refractivity (Wildman–Crippen MR) is 115 cm³/mol. The topological polar surface area (TPSA) is 145 Å². The summed E-state index contributed by atoms with van der Waals surface area (Å²) in [5, 5.41) is 10.4. The number of rotatable bonds is 8. The van der Waals surface area contributed by atoms with Crippen LogP contribution in [0.5, 0.6) is 0 Å². The molecule has 9 nitrogen and oxygen atoms in total. The number of para-hydroxylation sites is 1. The Morgan fingerprint density at radius 2 is 1.74 bits per heavy atom. The maximum Gasteiger partial charge on any atom is 0.338 e. The summed E-state index contributed by atoms with van der Waals surface area (Å²) in [6.07, 6.45) is 0. The average Bonchev–Trinajstić information content (AvgIpc) is 2.70. The molecular weight excluding hydrogens is 422 g/mol. The standard InChI is InChI=1S/C21H25N3O6S/c1-13(2)11-23-20(26)16-6-4-5-7-18(16)24-19(25)12-30-21(27)17-10-15(31(22,28)29)9-8-14(17)3/h4-10,13H,11-12H2,1-3H3,(H,23,26)(H,24,25)(H2,22,28,29). The minimum absolute atomic E-state index is 0.0206. The van der Waals surface area contributed by atoms with Gasteiger partial charge in [0.2, 0.25) is 10.0 Å². The number of ether oxygens (including phenoxy) is 1. The number of carbonyl (C=O) groups excluding carboxylic acids is 3. The molecule has 0 unspecified atom stereocenters. The highest BCUT2D eigenvalue weighted by atomic mass is 32.2. The zero-order valence-electron chi connectivity index (χ0n) is 17.5. The summed E-state index contributed by atoms with van der Waals surface area (Å²) in [5.74, 6) is -1.60. The van der Waals surface area contributed by atoms with Gasteiger partial charge in [0.05, 0.1) is 21.7 Å². The molecule has 10 heteroatoms. The number of anilines is 1. The highest BCUT2D eigenvalue weighted by molar-refractivity contribution is 7.89. The number of hydrogen-bond acceptors (Lipinski definition) is 6. The Bertz CT molecular complexity index is 1100. The summed E-state index contributed by atoms with van der Waals surface area (Å²) in [6.45, 7) is 5.37. The highest BCUT2D eigenvalue weighted by Crippen LogP contribution is 2.17. The van der Waals surface area contributed by atoms with E-state index in [-0.39, 0.29) is 33.5 Å². The average molecular weight is 448 g/mol. The summed E-state index contributed by atoms with van der Waals surface area (Å²) < 4.78 is 28.0. The van der Waals surface area contributed by atoms with E-state index < -0.39 is 28.5 Å². The van der Waals surface area contributed by atoms with Crippen LogP contribution in [0.2, 0.25) is 0 Å². The lowest BCUT2D eigenvalue weighted by atomic mass is 10.1. The van der Waals surface area contributed by atoms with E-state index in [2.05, 4.69) is 10.6 Å². The van der Waals surface area contributed by atoms with Crippen LogP contribution in [0.4, 0.5) is 5.69 Å². The number of esters is 1. The maximum absolute atomic E-state index is 12.3. The van der Waals surface area contributed by atoms with Crippen molar-refractivity contribution in [1.82, 2.24) is 5.32 Å². The van der Waals surface area contributed by atoms with Crippen LogP contribution in [0, 0.1) is 12.8 Å². The summed E-state index contributed by atoms with van der Waals surface area (Å²) >= 11 is 0. The molecule has 31 heavy (non-hydrogen) atoms. The van der Waals surface area contributed by atoms with Gasteiger partial charge >= 0.3 is 5.97 Å². The molecule has 0 heterocycles. The Morgan fingerprint density at radius 1 is 1.06 bits per heavy atom. The van der Waals surface area contributed by atoms with Crippen LogP contribution >= 0.6 is 0 Å². The van der Waals surface area contributed by atoms with Gasteiger partial charge in [-0.3, -0.25) is 9.59 Å². The molecule has 2 amide bonds. The van der Waals surface area contributed by atoms with Gasteiger partial charge in [-0.25, -0.2) is 18.4 Å². The normalized spacial score (nSPS) is 11.1. The molecule has 0 atom stereocenters. The highest BCUT2D eigenvalue weighted by Gasteiger charge is 2.18. The van der Waals surface area contributed by atoms with Gasteiger partial charge in [0, 0.05) is 6.54 Å². The molecule has 2 aromatic carbocycles. The van der Waals surface area contributed by atoms with Gasteiger partial charge in [-0.2, -0.15) is 0 Å². The molecule has 0 saturated carbocycles. The van der Waals surface area contributed by atoms with Crippen molar-refractivity contribution in [3.63, 3.8) is 0 Å². The van der Waals surface area contributed by atoms with Gasteiger partial charge in [-0.1, -0.05) is 32.0 Å². The van der Waals surface area contributed by atoms with Crippen LogP contribution < -0.4 is 15.8 Å². The molecule has 0 aliphatic carbocycles. The summed E-state index contributed by atoms with van der Waals surface area (Å²) in [6, 6.07) is 10.2. The molecule has 0 saturated heterocycles. The molecule has 0 aliphatic heterocycles. The Hall–Kier alpha value is -3.24. The SMILES string of the molecule is Cc1ccc(S(N)(=O)=O)cc1C(=O)OCC(=O)Nc1ccccc1C(=O)NCC(C)C. The number of carbonyl (C=O) groups is 3. The number of benzene rings is 2. The van der Waals surface area contributed by atoms with E-state index in [1.165, 1.54) is 12.1 Å². The number of nitrogens with one attached hydrogen (secondary N) is 2. The van der Waals surface area contributed by atoms with Gasteiger partial charge < -0.3 is 15.4 Å². The van der Waals surface area contributed by atoms with Crippen molar-refractivity contribution in [1.29, 1.82) is 0 Å². The zero-order valence-corrected chi connectivity index (χ0v) is 18.3. The predicted octanol–water partition coefficient (Wildman–Crippen LogP) is 1.82. The van der Waals surface area contributed by atoms with E-state index in [4.69, 9.17) is 9.88 Å². The van der Waals surface area contributed by atoms with E-state index in [1.807, 2.05) is 13.8 Å². The van der Waals surface area contributed by atoms with Gasteiger partial charge in [-0.05, 0) is 42.7 Å². The van der Waals surface area contributed by atoms with Gasteiger partial charge in [-0.15, -0.1) is 0 Å². The quantitative estimate of drug-likeness (QED) is 0.527. The third kappa shape index (κ3) is 6.90. The number of nitrogens with two attached hydrogens (primary N) is 1. The minimum atomic E-state index is -4.00. The Labute approximate surface area is 181 Å². The van der Waals surface area contributed by atoms with E-state index >= 15 is 0 Å². The number of sulfonamides is 1. The lowest BCUT2D eigenvalue weighted by molar-refractivity contribution is -0.119. The lowest BCUT2D eigenvalue weighted by Crippen LogP contribution is -2.29. The first kappa shape index (κ1) is 24.0. The number of hydrogen-bond donors (Lipinski definition) is 3. The Morgan fingerprint density at radius 3 is 2.39 bits per heavy atom. The van der Waals surface area contributed by atoms with Crippen molar-refractivity contribution in [2.75, 3.05) is 18.5 Å². The van der Waals surface area contributed by atoms with Crippen LogP contribution in [0.25, 0.3) is 0 Å². The maximum atomic E-state index is 12.3. The molecule has 0 radical (unpaired) electrons. The number of amides is 2. The molecule has 0 spiro atoms. The van der Waals surface area contributed by atoms with Crippen LogP contribution in [0.1, 0.15) is 40.1 Å². The first-order valence-corrected chi connectivity index (χ1v) is 11.0. The van der Waals surface area contributed by atoms with E-state index in [0.717, 1.165) is 6.07 Å². The second-order valence-electron chi connectivity index (χ2n) is 7.30. The molecule has 0 aliphatic rings. The third-order valence-corrected chi connectivity index (χ3v) is 5.12. The minimum Gasteiger partial charge on any atom is -0.452 e. The molecule has 0 aromatic heterocycles. The molecule has 4 N–H and O–H groups in total. The van der Waals surface area contributed by atoms with Crippen molar-refractivity contribution >= 4 is 33.5 Å². The van der Waals surface area contributed by atoms with Crippen molar-refractivity contribution < 1.29 is 27.5 Å². The molecule has 166 valence electrons. The Kier molecular flexibility index (Phi) is 7.89. The van der Waals surface area contributed by atoms with Gasteiger partial charge in [0.25, 0.3) is 11.8 Å². The van der Waals surface area contributed by atoms with Gasteiger partial charge in [0.1, 0.15) is 0 Å². The smallest absolute Gasteiger partial charge is 0.338 e. The van der Waals surface area contributed by atoms with Crippen LogP contribution in [0.3, 0.4) is 0 Å². The summed E-state index contributed by atoms with van der Waals surface area (Å²) in [5.41, 5.74) is 0.995.